The van der Waals surface area contributed by atoms with E-state index < -0.39 is 0 Å². The molecule has 182 valence electrons. The number of para-hydroxylation sites is 2. The van der Waals surface area contributed by atoms with Gasteiger partial charge in [-0.25, -0.2) is 19.9 Å². The second kappa shape index (κ2) is 10.7. The van der Waals surface area contributed by atoms with E-state index in [4.69, 9.17) is 4.74 Å². The summed E-state index contributed by atoms with van der Waals surface area (Å²) >= 11 is 0. The zero-order valence-corrected chi connectivity index (χ0v) is 19.6. The van der Waals surface area contributed by atoms with Crippen molar-refractivity contribution in [2.75, 3.05) is 48.3 Å². The van der Waals surface area contributed by atoms with Gasteiger partial charge in [0.25, 0.3) is 0 Å². The number of piperazine rings is 1. The first-order chi connectivity index (χ1) is 17.7. The zero-order valence-electron chi connectivity index (χ0n) is 19.6. The third kappa shape index (κ3) is 5.17. The normalized spacial score (nSPS) is 15.9. The third-order valence-electron chi connectivity index (χ3n) is 5.92. The van der Waals surface area contributed by atoms with Crippen LogP contribution in [0.2, 0.25) is 0 Å². The molecule has 0 atom stereocenters. The Morgan fingerprint density at radius 2 is 1.86 bits per heavy atom. The minimum atomic E-state index is 0.126. The number of carbonyl (C=O) groups is 1. The molecular formula is C25H25N9O2. The van der Waals surface area contributed by atoms with Gasteiger partial charge in [-0.05, 0) is 30.7 Å². The highest BCUT2D eigenvalue weighted by atomic mass is 16.5. The number of nitrogens with zero attached hydrogens (tertiary/aromatic N) is 7. The molecule has 4 heterocycles. The van der Waals surface area contributed by atoms with E-state index in [1.54, 1.807) is 30.7 Å². The maximum Gasteiger partial charge on any atom is 0.225 e. The number of hydrogen-bond donors (Lipinski definition) is 2. The summed E-state index contributed by atoms with van der Waals surface area (Å²) in [6.07, 6.45) is 6.11. The molecule has 0 bridgehead atoms. The lowest BCUT2D eigenvalue weighted by molar-refractivity contribution is -0.131. The molecule has 36 heavy (non-hydrogen) atoms. The van der Waals surface area contributed by atoms with Crippen molar-refractivity contribution in [1.29, 1.82) is 5.26 Å². The summed E-state index contributed by atoms with van der Waals surface area (Å²) in [5, 5.41) is 16.0. The number of rotatable bonds is 7. The lowest BCUT2D eigenvalue weighted by Gasteiger charge is -2.34. The van der Waals surface area contributed by atoms with Crippen molar-refractivity contribution in [1.82, 2.24) is 24.8 Å². The van der Waals surface area contributed by atoms with Crippen LogP contribution in [0.4, 0.5) is 17.6 Å². The van der Waals surface area contributed by atoms with Crippen LogP contribution >= 0.6 is 0 Å². The highest BCUT2D eigenvalue weighted by molar-refractivity contribution is 5.82. The van der Waals surface area contributed by atoms with Crippen LogP contribution in [-0.2, 0) is 4.79 Å². The molecule has 11 heteroatoms. The minimum Gasteiger partial charge on any atom is -0.437 e. The SMILES string of the molecule is N#C/C(=C1/Nc2ccccc2O1)c1ccnc(NCCCC(=O)N2CCN(c3ncccn3)CC2)n1. The Balaban J connectivity index is 1.10. The van der Waals surface area contributed by atoms with Crippen molar-refractivity contribution in [3.63, 3.8) is 0 Å². The number of nitrogens with one attached hydrogen (secondary N) is 2. The second-order valence-corrected chi connectivity index (χ2v) is 8.25. The fourth-order valence-corrected chi connectivity index (χ4v) is 4.05. The molecule has 1 fully saturated rings. The van der Waals surface area contributed by atoms with E-state index in [0.29, 0.717) is 61.7 Å². The maximum absolute atomic E-state index is 12.6. The fourth-order valence-electron chi connectivity index (χ4n) is 4.05. The number of ether oxygens (including phenoxy) is 1. The largest absolute Gasteiger partial charge is 0.437 e. The number of fused-ring (bicyclic) bond motifs is 1. The topological polar surface area (TPSA) is 132 Å². The van der Waals surface area contributed by atoms with E-state index in [-0.39, 0.29) is 11.5 Å². The molecule has 3 aromatic rings. The number of nitriles is 1. The van der Waals surface area contributed by atoms with E-state index in [9.17, 15) is 10.1 Å². The Morgan fingerprint density at radius 1 is 1.06 bits per heavy atom. The predicted molar refractivity (Wildman–Crippen MR) is 134 cm³/mol. The Kier molecular flexibility index (Phi) is 6.84. The first kappa shape index (κ1) is 23.0. The maximum atomic E-state index is 12.6. The van der Waals surface area contributed by atoms with Crippen molar-refractivity contribution in [3.05, 3.63) is 66.6 Å². The average Bonchev–Trinajstić information content (AvgIpc) is 3.36. The van der Waals surface area contributed by atoms with Crippen LogP contribution in [0.25, 0.3) is 5.57 Å². The number of anilines is 3. The molecule has 1 amide bonds. The van der Waals surface area contributed by atoms with Crippen LogP contribution in [0.3, 0.4) is 0 Å². The van der Waals surface area contributed by atoms with Gasteiger partial charge in [0, 0.05) is 57.7 Å². The lowest BCUT2D eigenvalue weighted by atomic mass is 10.2. The van der Waals surface area contributed by atoms with Crippen molar-refractivity contribution >= 4 is 29.1 Å². The van der Waals surface area contributed by atoms with Crippen molar-refractivity contribution in [2.24, 2.45) is 0 Å². The van der Waals surface area contributed by atoms with Gasteiger partial charge in [0.1, 0.15) is 11.6 Å². The van der Waals surface area contributed by atoms with Crippen LogP contribution < -0.4 is 20.3 Å². The van der Waals surface area contributed by atoms with Crippen molar-refractivity contribution in [3.8, 4) is 11.8 Å². The molecule has 0 unspecified atom stereocenters. The van der Waals surface area contributed by atoms with Crippen LogP contribution in [0, 0.1) is 11.3 Å². The molecule has 11 nitrogen and oxygen atoms in total. The van der Waals surface area contributed by atoms with Crippen LogP contribution in [0.1, 0.15) is 18.5 Å². The molecule has 0 spiro atoms. The summed E-state index contributed by atoms with van der Waals surface area (Å²) in [7, 11) is 0. The van der Waals surface area contributed by atoms with E-state index in [1.165, 1.54) is 0 Å². The van der Waals surface area contributed by atoms with Crippen molar-refractivity contribution < 1.29 is 9.53 Å². The fraction of sp³-hybridized carbons (Fsp3) is 0.280. The summed E-state index contributed by atoms with van der Waals surface area (Å²) in [5.74, 6) is 2.21. The number of allylic oxidation sites excluding steroid dienone is 1. The highest BCUT2D eigenvalue weighted by Gasteiger charge is 2.23. The summed E-state index contributed by atoms with van der Waals surface area (Å²) in [6, 6.07) is 13.1. The molecule has 1 aromatic carbocycles. The van der Waals surface area contributed by atoms with E-state index in [0.717, 1.165) is 18.8 Å². The summed E-state index contributed by atoms with van der Waals surface area (Å²) in [6.45, 7) is 3.28. The Bertz CT molecular complexity index is 1270. The molecule has 2 N–H and O–H groups in total. The number of carbonyl (C=O) groups excluding carboxylic acids is 1. The number of hydrogen-bond acceptors (Lipinski definition) is 10. The second-order valence-electron chi connectivity index (χ2n) is 8.25. The van der Waals surface area contributed by atoms with Crippen LogP contribution in [-0.4, -0.2) is 63.5 Å². The van der Waals surface area contributed by atoms with Gasteiger partial charge in [0.05, 0.1) is 11.4 Å². The standard InChI is InChI=1S/C25H25N9O2/c26-17-18(23-31-20-5-1-2-6-21(20)36-23)19-8-12-28-24(32-19)27-9-3-7-22(35)33-13-15-34(16-14-33)25-29-10-4-11-30-25/h1-2,4-6,8,10-12,31H,3,7,9,13-16H2,(H,27,28,32)/b23-18+. The molecular weight excluding hydrogens is 458 g/mol. The monoisotopic (exact) mass is 483 g/mol. The smallest absolute Gasteiger partial charge is 0.225 e. The molecule has 2 aliphatic rings. The zero-order chi connectivity index (χ0) is 24.7. The van der Waals surface area contributed by atoms with E-state index in [1.807, 2.05) is 29.2 Å². The molecule has 2 aliphatic heterocycles. The Hall–Kier alpha value is -4.72. The first-order valence-corrected chi connectivity index (χ1v) is 11.8. The molecule has 5 rings (SSSR count). The third-order valence-corrected chi connectivity index (χ3v) is 5.92. The Labute approximate surface area is 208 Å². The van der Waals surface area contributed by atoms with Gasteiger partial charge in [0.2, 0.25) is 23.7 Å². The number of amides is 1. The van der Waals surface area contributed by atoms with Crippen LogP contribution in [0.5, 0.6) is 5.75 Å². The van der Waals surface area contributed by atoms with Crippen molar-refractivity contribution in [2.45, 2.75) is 12.8 Å². The van der Waals surface area contributed by atoms with Gasteiger partial charge in [-0.1, -0.05) is 12.1 Å². The quantitative estimate of drug-likeness (QED) is 0.381. The van der Waals surface area contributed by atoms with Gasteiger partial charge in [0.15, 0.2) is 5.75 Å². The summed E-state index contributed by atoms with van der Waals surface area (Å²) < 4.78 is 5.78. The first-order valence-electron chi connectivity index (χ1n) is 11.8. The van der Waals surface area contributed by atoms with Gasteiger partial charge < -0.3 is 25.2 Å². The minimum absolute atomic E-state index is 0.126. The van der Waals surface area contributed by atoms with Gasteiger partial charge in [-0.15, -0.1) is 0 Å². The predicted octanol–water partition coefficient (Wildman–Crippen LogP) is 2.50. The van der Waals surface area contributed by atoms with Gasteiger partial charge >= 0.3 is 0 Å². The van der Waals surface area contributed by atoms with E-state index >= 15 is 0 Å². The van der Waals surface area contributed by atoms with Gasteiger partial charge in [-0.3, -0.25) is 4.79 Å². The number of aromatic nitrogens is 4. The lowest BCUT2D eigenvalue weighted by Crippen LogP contribution is -2.49. The summed E-state index contributed by atoms with van der Waals surface area (Å²) in [5.41, 5.74) is 1.53. The molecule has 0 radical (unpaired) electrons. The summed E-state index contributed by atoms with van der Waals surface area (Å²) in [4.78, 5) is 33.9. The highest BCUT2D eigenvalue weighted by Crippen LogP contribution is 2.35. The van der Waals surface area contributed by atoms with Crippen LogP contribution in [0.15, 0.2) is 60.9 Å². The van der Waals surface area contributed by atoms with E-state index in [2.05, 4.69) is 41.5 Å². The molecule has 0 saturated carbocycles. The molecule has 0 aliphatic carbocycles. The number of benzene rings is 1. The average molecular weight is 484 g/mol. The van der Waals surface area contributed by atoms with Gasteiger partial charge in [-0.2, -0.15) is 5.26 Å². The molecule has 1 saturated heterocycles. The molecule has 2 aromatic heterocycles. The Morgan fingerprint density at radius 3 is 2.64 bits per heavy atom.